The van der Waals surface area contributed by atoms with Crippen LogP contribution in [0.5, 0.6) is 0 Å². The topological polar surface area (TPSA) is 30.0 Å². The Morgan fingerprint density at radius 1 is 1.64 bits per heavy atom. The van der Waals surface area contributed by atoms with Gasteiger partial charge in [-0.2, -0.15) is 0 Å². The molecule has 0 bridgehead atoms. The number of hydrogen-bond donors (Lipinski definition) is 0. The zero-order valence-electron chi connectivity index (χ0n) is 5.55. The second-order valence-electron chi connectivity index (χ2n) is 1.95. The molecule has 1 aromatic heterocycles. The molecule has 0 unspecified atom stereocenters. The quantitative estimate of drug-likeness (QED) is 0.580. The molecule has 0 N–H and O–H groups in total. The Balaban J connectivity index is 2.96. The smallest absolute Gasteiger partial charge is 0.179 e. The zero-order valence-corrected chi connectivity index (χ0v) is 7.89. The standard InChI is InChI=1S/C7H5BrClNO/c8-6-1-5(3-10-4-6)7(11)2-9/h1,3-4H,2H2. The summed E-state index contributed by atoms with van der Waals surface area (Å²) in [5.74, 6) is -0.113. The second kappa shape index (κ2) is 3.83. The summed E-state index contributed by atoms with van der Waals surface area (Å²) in [6.45, 7) is 0. The Morgan fingerprint density at radius 2 is 2.36 bits per heavy atom. The summed E-state index contributed by atoms with van der Waals surface area (Å²) in [5.41, 5.74) is 0.536. The molecule has 11 heavy (non-hydrogen) atoms. The van der Waals surface area contributed by atoms with Gasteiger partial charge in [-0.1, -0.05) is 0 Å². The van der Waals surface area contributed by atoms with Crippen LogP contribution in [0.2, 0.25) is 0 Å². The summed E-state index contributed by atoms with van der Waals surface area (Å²) in [4.78, 5) is 14.8. The molecular formula is C7H5BrClNO. The van der Waals surface area contributed by atoms with Crippen LogP contribution in [0.4, 0.5) is 0 Å². The first kappa shape index (κ1) is 8.68. The van der Waals surface area contributed by atoms with Gasteiger partial charge in [-0.15, -0.1) is 11.6 Å². The summed E-state index contributed by atoms with van der Waals surface area (Å²) in [7, 11) is 0. The molecule has 0 saturated carbocycles. The predicted molar refractivity (Wildman–Crippen MR) is 47.0 cm³/mol. The van der Waals surface area contributed by atoms with Crippen molar-refractivity contribution in [2.75, 3.05) is 5.88 Å². The Labute approximate surface area is 77.7 Å². The monoisotopic (exact) mass is 233 g/mol. The minimum Gasteiger partial charge on any atom is -0.293 e. The number of carbonyl (C=O) groups excluding carboxylic acids is 1. The summed E-state index contributed by atoms with van der Waals surface area (Å²) in [5, 5.41) is 0. The van der Waals surface area contributed by atoms with Crippen LogP contribution in [0.25, 0.3) is 0 Å². The summed E-state index contributed by atoms with van der Waals surface area (Å²) in [6.07, 6.45) is 3.11. The molecule has 2 nitrogen and oxygen atoms in total. The van der Waals surface area contributed by atoms with E-state index in [4.69, 9.17) is 11.6 Å². The van der Waals surface area contributed by atoms with E-state index in [9.17, 15) is 4.79 Å². The Hall–Kier alpha value is -0.410. The van der Waals surface area contributed by atoms with E-state index in [0.717, 1.165) is 4.47 Å². The fourth-order valence-corrected chi connectivity index (χ4v) is 1.16. The predicted octanol–water partition coefficient (Wildman–Crippen LogP) is 2.27. The third-order valence-electron chi connectivity index (χ3n) is 1.15. The highest BCUT2D eigenvalue weighted by Crippen LogP contribution is 2.10. The first-order valence-electron chi connectivity index (χ1n) is 2.94. The van der Waals surface area contributed by atoms with Gasteiger partial charge in [-0.3, -0.25) is 9.78 Å². The van der Waals surface area contributed by atoms with Gasteiger partial charge in [0.15, 0.2) is 5.78 Å². The third-order valence-corrected chi connectivity index (χ3v) is 1.82. The fraction of sp³-hybridized carbons (Fsp3) is 0.143. The number of halogens is 2. The largest absolute Gasteiger partial charge is 0.293 e. The average molecular weight is 234 g/mol. The van der Waals surface area contributed by atoms with E-state index in [1.165, 1.54) is 6.20 Å². The Kier molecular flexibility index (Phi) is 3.02. The number of ketones is 1. The summed E-state index contributed by atoms with van der Waals surface area (Å²) < 4.78 is 0.786. The average Bonchev–Trinajstić information content (AvgIpc) is 2.03. The van der Waals surface area contributed by atoms with Gasteiger partial charge in [-0.25, -0.2) is 0 Å². The van der Waals surface area contributed by atoms with Crippen LogP contribution in [-0.2, 0) is 0 Å². The van der Waals surface area contributed by atoms with Gasteiger partial charge < -0.3 is 0 Å². The SMILES string of the molecule is O=C(CCl)c1cncc(Br)c1. The van der Waals surface area contributed by atoms with E-state index in [2.05, 4.69) is 20.9 Å². The minimum absolute atomic E-state index is 0.00185. The van der Waals surface area contributed by atoms with Crippen molar-refractivity contribution in [2.45, 2.75) is 0 Å². The Bertz CT molecular complexity index is 277. The highest BCUT2D eigenvalue weighted by Gasteiger charge is 2.03. The lowest BCUT2D eigenvalue weighted by Crippen LogP contribution is -2.00. The first-order valence-corrected chi connectivity index (χ1v) is 4.26. The number of carbonyl (C=O) groups is 1. The van der Waals surface area contributed by atoms with Crippen LogP contribution in [0.15, 0.2) is 22.9 Å². The van der Waals surface area contributed by atoms with E-state index < -0.39 is 0 Å². The van der Waals surface area contributed by atoms with Crippen molar-refractivity contribution in [3.05, 3.63) is 28.5 Å². The molecule has 58 valence electrons. The number of alkyl halides is 1. The van der Waals surface area contributed by atoms with Crippen molar-refractivity contribution in [1.82, 2.24) is 4.98 Å². The molecule has 0 atom stereocenters. The fourth-order valence-electron chi connectivity index (χ4n) is 0.642. The number of aromatic nitrogens is 1. The van der Waals surface area contributed by atoms with E-state index >= 15 is 0 Å². The molecule has 1 aromatic rings. The molecule has 1 rings (SSSR count). The number of Topliss-reactive ketones (excluding diaryl/α,β-unsaturated/α-hetero) is 1. The molecule has 0 saturated heterocycles. The van der Waals surface area contributed by atoms with Crippen molar-refractivity contribution in [1.29, 1.82) is 0 Å². The van der Waals surface area contributed by atoms with Gasteiger partial charge >= 0.3 is 0 Å². The normalized spacial score (nSPS) is 9.64. The van der Waals surface area contributed by atoms with Gasteiger partial charge in [0.2, 0.25) is 0 Å². The molecular weight excluding hydrogens is 229 g/mol. The van der Waals surface area contributed by atoms with E-state index in [1.807, 2.05) is 0 Å². The van der Waals surface area contributed by atoms with Crippen LogP contribution in [0, 0.1) is 0 Å². The molecule has 0 radical (unpaired) electrons. The molecule has 0 aliphatic rings. The number of rotatable bonds is 2. The number of nitrogens with zero attached hydrogens (tertiary/aromatic N) is 1. The number of hydrogen-bond acceptors (Lipinski definition) is 2. The third kappa shape index (κ3) is 2.27. The highest BCUT2D eigenvalue weighted by atomic mass is 79.9. The van der Waals surface area contributed by atoms with Gasteiger partial charge in [0, 0.05) is 22.4 Å². The second-order valence-corrected chi connectivity index (χ2v) is 3.13. The highest BCUT2D eigenvalue weighted by molar-refractivity contribution is 9.10. The van der Waals surface area contributed by atoms with Crippen molar-refractivity contribution in [3.63, 3.8) is 0 Å². The van der Waals surface area contributed by atoms with Crippen LogP contribution in [-0.4, -0.2) is 16.6 Å². The maximum atomic E-state index is 11.0. The van der Waals surface area contributed by atoms with Gasteiger partial charge in [-0.05, 0) is 22.0 Å². The van der Waals surface area contributed by atoms with Gasteiger partial charge in [0.05, 0.1) is 5.88 Å². The molecule has 0 aliphatic carbocycles. The molecule has 4 heteroatoms. The molecule has 0 amide bonds. The lowest BCUT2D eigenvalue weighted by Gasteiger charge is -1.95. The molecule has 0 fully saturated rings. The molecule has 1 heterocycles. The van der Waals surface area contributed by atoms with Crippen molar-refractivity contribution in [2.24, 2.45) is 0 Å². The van der Waals surface area contributed by atoms with Crippen LogP contribution >= 0.6 is 27.5 Å². The lowest BCUT2D eigenvalue weighted by atomic mass is 10.2. The molecule has 0 aliphatic heterocycles. The van der Waals surface area contributed by atoms with Gasteiger partial charge in [0.25, 0.3) is 0 Å². The summed E-state index contributed by atoms with van der Waals surface area (Å²) >= 11 is 8.55. The molecule has 0 spiro atoms. The van der Waals surface area contributed by atoms with Crippen LogP contribution in [0.3, 0.4) is 0 Å². The van der Waals surface area contributed by atoms with Crippen LogP contribution in [0.1, 0.15) is 10.4 Å². The summed E-state index contributed by atoms with van der Waals surface area (Å²) in [6, 6.07) is 1.69. The van der Waals surface area contributed by atoms with Gasteiger partial charge in [0.1, 0.15) is 0 Å². The zero-order chi connectivity index (χ0) is 8.27. The maximum absolute atomic E-state index is 11.0. The van der Waals surface area contributed by atoms with E-state index in [-0.39, 0.29) is 11.7 Å². The number of pyridine rings is 1. The van der Waals surface area contributed by atoms with Crippen LogP contribution < -0.4 is 0 Å². The Morgan fingerprint density at radius 3 is 2.91 bits per heavy atom. The lowest BCUT2D eigenvalue weighted by molar-refractivity contribution is 0.102. The maximum Gasteiger partial charge on any atom is 0.179 e. The molecule has 0 aromatic carbocycles. The first-order chi connectivity index (χ1) is 5.24. The van der Waals surface area contributed by atoms with Crippen molar-refractivity contribution < 1.29 is 4.79 Å². The van der Waals surface area contributed by atoms with Crippen molar-refractivity contribution >= 4 is 33.3 Å². The van der Waals surface area contributed by atoms with E-state index in [1.54, 1.807) is 12.3 Å². The van der Waals surface area contributed by atoms with E-state index in [0.29, 0.717) is 5.56 Å². The van der Waals surface area contributed by atoms with Crippen molar-refractivity contribution in [3.8, 4) is 0 Å². The minimum atomic E-state index is -0.111.